The first-order valence-corrected chi connectivity index (χ1v) is 9.42. The summed E-state index contributed by atoms with van der Waals surface area (Å²) >= 11 is 5.83. The van der Waals surface area contributed by atoms with Gasteiger partial charge in [-0.25, -0.2) is 13.4 Å². The van der Waals surface area contributed by atoms with Crippen molar-refractivity contribution in [2.45, 2.75) is 11.4 Å². The standard InChI is InChI=1S/C16H18ClN3O2S/c17-15-3-5-16(6-4-15)23(21,22)20-10-8-19(9-11-20)13-14-2-1-7-18-12-14/h1-7,12H,8-11,13H2/p+2. The maximum Gasteiger partial charge on any atom is 0.243 e. The molecule has 0 aliphatic carbocycles. The van der Waals surface area contributed by atoms with Gasteiger partial charge in [0.1, 0.15) is 6.54 Å². The van der Waals surface area contributed by atoms with Crippen LogP contribution in [0.25, 0.3) is 0 Å². The number of sulfonamides is 1. The van der Waals surface area contributed by atoms with Crippen molar-refractivity contribution in [1.29, 1.82) is 0 Å². The van der Waals surface area contributed by atoms with Crippen molar-refractivity contribution < 1.29 is 18.3 Å². The summed E-state index contributed by atoms with van der Waals surface area (Å²) in [6, 6.07) is 10.4. The summed E-state index contributed by atoms with van der Waals surface area (Å²) in [5.74, 6) is 0. The highest BCUT2D eigenvalue weighted by Gasteiger charge is 2.30. The Balaban J connectivity index is 1.63. The van der Waals surface area contributed by atoms with Gasteiger partial charge >= 0.3 is 0 Å². The number of piperazine rings is 1. The van der Waals surface area contributed by atoms with E-state index in [2.05, 4.69) is 11.1 Å². The molecule has 1 aliphatic rings. The predicted octanol–water partition coefficient (Wildman–Crippen LogP) is 0.244. The molecule has 2 N–H and O–H groups in total. The Morgan fingerprint density at radius 2 is 1.83 bits per heavy atom. The van der Waals surface area contributed by atoms with E-state index in [1.165, 1.54) is 10.5 Å². The Kier molecular flexibility index (Phi) is 4.96. The van der Waals surface area contributed by atoms with E-state index in [0.29, 0.717) is 23.0 Å². The van der Waals surface area contributed by atoms with Crippen molar-refractivity contribution >= 4 is 21.6 Å². The molecule has 3 rings (SSSR count). The SMILES string of the molecule is O=S(=O)(c1ccc(Cl)cc1)N1CC[NH+](Cc2ccc[nH+]c2)CC1. The quantitative estimate of drug-likeness (QED) is 0.856. The lowest BCUT2D eigenvalue weighted by Crippen LogP contribution is -3.13. The minimum Gasteiger partial charge on any atom is -0.329 e. The van der Waals surface area contributed by atoms with Crippen LogP contribution in [-0.4, -0.2) is 38.9 Å². The largest absolute Gasteiger partial charge is 0.329 e. The van der Waals surface area contributed by atoms with Crippen LogP contribution in [0.3, 0.4) is 0 Å². The van der Waals surface area contributed by atoms with Gasteiger partial charge in [0, 0.05) is 11.1 Å². The summed E-state index contributed by atoms with van der Waals surface area (Å²) in [6.07, 6.45) is 3.87. The van der Waals surface area contributed by atoms with E-state index in [9.17, 15) is 8.42 Å². The molecule has 1 saturated heterocycles. The van der Waals surface area contributed by atoms with Crippen LogP contribution in [0.15, 0.2) is 53.7 Å². The molecular weight excluding hydrogens is 334 g/mol. The van der Waals surface area contributed by atoms with Gasteiger partial charge in [0.25, 0.3) is 0 Å². The molecule has 0 spiro atoms. The summed E-state index contributed by atoms with van der Waals surface area (Å²) in [4.78, 5) is 4.78. The van der Waals surface area contributed by atoms with Gasteiger partial charge in [-0.15, -0.1) is 0 Å². The van der Waals surface area contributed by atoms with Crippen LogP contribution in [0.1, 0.15) is 5.56 Å². The van der Waals surface area contributed by atoms with Crippen molar-refractivity contribution in [3.63, 3.8) is 0 Å². The fourth-order valence-corrected chi connectivity index (χ4v) is 4.37. The van der Waals surface area contributed by atoms with Crippen molar-refractivity contribution in [3.8, 4) is 0 Å². The number of hydrogen-bond donors (Lipinski definition) is 1. The molecule has 1 aliphatic heterocycles. The maximum absolute atomic E-state index is 12.6. The van der Waals surface area contributed by atoms with E-state index in [1.54, 1.807) is 28.6 Å². The van der Waals surface area contributed by atoms with E-state index in [0.717, 1.165) is 19.6 Å². The molecule has 1 aromatic heterocycles. The van der Waals surface area contributed by atoms with Gasteiger partial charge in [-0.1, -0.05) is 11.6 Å². The zero-order valence-corrected chi connectivity index (χ0v) is 14.3. The molecule has 1 fully saturated rings. The molecule has 1 aromatic carbocycles. The average molecular weight is 354 g/mol. The number of nitrogens with zero attached hydrogens (tertiary/aromatic N) is 1. The summed E-state index contributed by atoms with van der Waals surface area (Å²) in [6.45, 7) is 3.60. The monoisotopic (exact) mass is 353 g/mol. The number of benzene rings is 1. The first-order valence-electron chi connectivity index (χ1n) is 7.60. The van der Waals surface area contributed by atoms with E-state index < -0.39 is 10.0 Å². The molecule has 7 heteroatoms. The molecule has 0 bridgehead atoms. The third kappa shape index (κ3) is 3.90. The lowest BCUT2D eigenvalue weighted by atomic mass is 10.2. The molecule has 0 radical (unpaired) electrons. The number of hydrogen-bond acceptors (Lipinski definition) is 2. The normalized spacial score (nSPS) is 17.3. The number of pyridine rings is 1. The number of rotatable bonds is 4. The molecule has 2 aromatic rings. The number of nitrogens with one attached hydrogen (secondary N) is 2. The highest BCUT2D eigenvalue weighted by atomic mass is 35.5. The summed E-state index contributed by atoms with van der Waals surface area (Å²) in [5, 5.41) is 0.540. The smallest absolute Gasteiger partial charge is 0.243 e. The van der Waals surface area contributed by atoms with Crippen LogP contribution >= 0.6 is 11.6 Å². The average Bonchev–Trinajstić information content (AvgIpc) is 2.57. The zero-order valence-electron chi connectivity index (χ0n) is 12.7. The maximum atomic E-state index is 12.6. The number of quaternary nitrogens is 1. The van der Waals surface area contributed by atoms with Gasteiger partial charge in [-0.2, -0.15) is 4.31 Å². The second-order valence-corrected chi connectivity index (χ2v) is 8.07. The van der Waals surface area contributed by atoms with Crippen molar-refractivity contribution in [2.24, 2.45) is 0 Å². The highest BCUT2D eigenvalue weighted by molar-refractivity contribution is 7.89. The first kappa shape index (κ1) is 16.4. The summed E-state index contributed by atoms with van der Waals surface area (Å²) in [5.41, 5.74) is 1.23. The van der Waals surface area contributed by atoms with Crippen LogP contribution in [0, 0.1) is 0 Å². The summed E-state index contributed by atoms with van der Waals surface area (Å²) in [7, 11) is -3.42. The van der Waals surface area contributed by atoms with Gasteiger partial charge in [-0.3, -0.25) is 0 Å². The lowest BCUT2D eigenvalue weighted by Gasteiger charge is -2.31. The Morgan fingerprint density at radius 3 is 2.43 bits per heavy atom. The fraction of sp³-hybridized carbons (Fsp3) is 0.312. The van der Waals surface area contributed by atoms with Crippen LogP contribution in [-0.2, 0) is 16.6 Å². The number of aromatic amines is 1. The van der Waals surface area contributed by atoms with Crippen molar-refractivity contribution in [3.05, 3.63) is 59.4 Å². The Labute approximate surface area is 141 Å². The van der Waals surface area contributed by atoms with Crippen molar-refractivity contribution in [1.82, 2.24) is 4.31 Å². The number of aromatic nitrogens is 1. The summed E-state index contributed by atoms with van der Waals surface area (Å²) < 4.78 is 26.8. The van der Waals surface area contributed by atoms with Crippen molar-refractivity contribution in [2.75, 3.05) is 26.2 Å². The third-order valence-electron chi connectivity index (χ3n) is 4.11. The molecule has 0 saturated carbocycles. The topological polar surface area (TPSA) is 56.0 Å². The van der Waals surface area contributed by atoms with Gasteiger partial charge in [0.05, 0.1) is 36.6 Å². The molecule has 23 heavy (non-hydrogen) atoms. The molecule has 0 amide bonds. The molecule has 0 unspecified atom stereocenters. The van der Waals surface area contributed by atoms with E-state index in [-0.39, 0.29) is 0 Å². The Morgan fingerprint density at radius 1 is 1.13 bits per heavy atom. The van der Waals surface area contributed by atoms with Gasteiger partial charge in [0.15, 0.2) is 12.4 Å². The van der Waals surface area contributed by atoms with E-state index in [1.807, 2.05) is 18.5 Å². The molecule has 2 heterocycles. The van der Waals surface area contributed by atoms with Crippen LogP contribution in [0.2, 0.25) is 5.02 Å². The zero-order chi connectivity index (χ0) is 16.3. The molecule has 122 valence electrons. The molecule has 0 atom stereocenters. The van der Waals surface area contributed by atoms with Crippen LogP contribution in [0.5, 0.6) is 0 Å². The van der Waals surface area contributed by atoms with Gasteiger partial charge < -0.3 is 4.90 Å². The second kappa shape index (κ2) is 6.97. The van der Waals surface area contributed by atoms with Gasteiger partial charge in [0.2, 0.25) is 10.0 Å². The second-order valence-electron chi connectivity index (χ2n) is 5.70. The minimum atomic E-state index is -3.42. The Hall–Kier alpha value is -1.47. The number of H-pyrrole nitrogens is 1. The van der Waals surface area contributed by atoms with E-state index in [4.69, 9.17) is 11.6 Å². The number of halogens is 1. The third-order valence-corrected chi connectivity index (χ3v) is 6.27. The van der Waals surface area contributed by atoms with Crippen LogP contribution in [0.4, 0.5) is 0 Å². The molecule has 5 nitrogen and oxygen atoms in total. The highest BCUT2D eigenvalue weighted by Crippen LogP contribution is 2.18. The van der Waals surface area contributed by atoms with Crippen LogP contribution < -0.4 is 9.88 Å². The minimum absolute atomic E-state index is 0.308. The predicted molar refractivity (Wildman–Crippen MR) is 87.6 cm³/mol. The first-order chi connectivity index (χ1) is 11.1. The van der Waals surface area contributed by atoms with E-state index >= 15 is 0 Å². The molecular formula is C16H20ClN3O2S+2. The lowest BCUT2D eigenvalue weighted by molar-refractivity contribution is -0.917. The van der Waals surface area contributed by atoms with Gasteiger partial charge in [-0.05, 0) is 30.3 Å². The Bertz CT molecular complexity index is 743. The fourth-order valence-electron chi connectivity index (χ4n) is 2.80.